The summed E-state index contributed by atoms with van der Waals surface area (Å²) in [5.41, 5.74) is 2.59. The van der Waals surface area contributed by atoms with E-state index in [-0.39, 0.29) is 11.8 Å². The normalized spacial score (nSPS) is 16.7. The second-order valence-corrected chi connectivity index (χ2v) is 6.44. The summed E-state index contributed by atoms with van der Waals surface area (Å²) in [7, 11) is 3.01. The number of nitrogens with one attached hydrogen (secondary N) is 2. The van der Waals surface area contributed by atoms with E-state index in [2.05, 4.69) is 10.6 Å². The molecule has 0 fully saturated rings. The van der Waals surface area contributed by atoms with E-state index in [0.29, 0.717) is 34.9 Å². The number of carbonyl (C=O) groups excluding carboxylic acids is 1. The van der Waals surface area contributed by atoms with Crippen LogP contribution < -0.4 is 20.1 Å². The first-order valence-corrected chi connectivity index (χ1v) is 8.58. The standard InChI is InChI=1S/C20H22N2O5/c1-11-10-21-19(23)15-9-13(5-6-14(11)15)22-18(20(24)25)12-4-7-16(26-2)17(8-12)27-3/h4-9,11,18,22H,10H2,1-3H3,(H,21,23)(H,24,25)/t11-,18?/m1/s1. The van der Waals surface area contributed by atoms with Crippen molar-refractivity contribution in [2.75, 3.05) is 26.1 Å². The Morgan fingerprint density at radius 1 is 1.19 bits per heavy atom. The van der Waals surface area contributed by atoms with Gasteiger partial charge in [0, 0.05) is 17.8 Å². The van der Waals surface area contributed by atoms with Gasteiger partial charge in [0.05, 0.1) is 14.2 Å². The summed E-state index contributed by atoms with van der Waals surface area (Å²) >= 11 is 0. The Kier molecular flexibility index (Phi) is 5.21. The fourth-order valence-electron chi connectivity index (χ4n) is 3.21. The minimum Gasteiger partial charge on any atom is -0.493 e. The Hall–Kier alpha value is -3.22. The van der Waals surface area contributed by atoms with Crippen LogP contribution in [0.5, 0.6) is 11.5 Å². The quantitative estimate of drug-likeness (QED) is 0.723. The van der Waals surface area contributed by atoms with E-state index >= 15 is 0 Å². The van der Waals surface area contributed by atoms with Gasteiger partial charge in [-0.05, 0) is 41.3 Å². The number of carboxylic acid groups (broad SMARTS) is 1. The zero-order valence-electron chi connectivity index (χ0n) is 15.4. The summed E-state index contributed by atoms with van der Waals surface area (Å²) in [6.45, 7) is 2.64. The smallest absolute Gasteiger partial charge is 0.330 e. The molecule has 1 heterocycles. The molecule has 0 radical (unpaired) electrons. The van der Waals surface area contributed by atoms with Crippen molar-refractivity contribution in [2.45, 2.75) is 18.9 Å². The van der Waals surface area contributed by atoms with Gasteiger partial charge in [-0.3, -0.25) is 4.79 Å². The number of rotatable bonds is 6. The van der Waals surface area contributed by atoms with E-state index in [1.807, 2.05) is 13.0 Å². The van der Waals surface area contributed by atoms with Crippen LogP contribution in [0.3, 0.4) is 0 Å². The molecule has 0 aliphatic carbocycles. The maximum atomic E-state index is 12.1. The lowest BCUT2D eigenvalue weighted by atomic mass is 9.91. The fourth-order valence-corrected chi connectivity index (χ4v) is 3.21. The molecule has 0 bridgehead atoms. The van der Waals surface area contributed by atoms with Crippen molar-refractivity contribution in [3.05, 3.63) is 53.1 Å². The Morgan fingerprint density at radius 2 is 1.93 bits per heavy atom. The summed E-state index contributed by atoms with van der Waals surface area (Å²) in [6, 6.07) is 9.30. The highest BCUT2D eigenvalue weighted by Crippen LogP contribution is 2.32. The predicted octanol–water partition coefficient (Wildman–Crippen LogP) is 2.79. The van der Waals surface area contributed by atoms with Crippen molar-refractivity contribution in [1.82, 2.24) is 5.32 Å². The topological polar surface area (TPSA) is 96.9 Å². The van der Waals surface area contributed by atoms with Crippen LogP contribution in [-0.2, 0) is 4.79 Å². The molecule has 1 aliphatic rings. The monoisotopic (exact) mass is 370 g/mol. The third-order valence-corrected chi connectivity index (χ3v) is 4.70. The first kappa shape index (κ1) is 18.6. The maximum Gasteiger partial charge on any atom is 0.330 e. The average Bonchev–Trinajstić information content (AvgIpc) is 2.68. The van der Waals surface area contributed by atoms with Gasteiger partial charge in [0.15, 0.2) is 17.5 Å². The summed E-state index contributed by atoms with van der Waals surface area (Å²) in [4.78, 5) is 24.0. The molecule has 3 N–H and O–H groups in total. The van der Waals surface area contributed by atoms with Crippen LogP contribution in [0.1, 0.15) is 40.4 Å². The lowest BCUT2D eigenvalue weighted by molar-refractivity contribution is -0.138. The first-order valence-electron chi connectivity index (χ1n) is 8.58. The molecular weight excluding hydrogens is 348 g/mol. The van der Waals surface area contributed by atoms with E-state index < -0.39 is 12.0 Å². The van der Waals surface area contributed by atoms with Crippen LogP contribution in [0.2, 0.25) is 0 Å². The summed E-state index contributed by atoms with van der Waals surface area (Å²) in [5, 5.41) is 15.5. The van der Waals surface area contributed by atoms with Crippen molar-refractivity contribution in [3.63, 3.8) is 0 Å². The van der Waals surface area contributed by atoms with Crippen LogP contribution in [0.25, 0.3) is 0 Å². The number of carboxylic acids is 1. The number of methoxy groups -OCH3 is 2. The summed E-state index contributed by atoms with van der Waals surface area (Å²) < 4.78 is 10.5. The molecule has 2 aromatic carbocycles. The number of benzene rings is 2. The largest absolute Gasteiger partial charge is 0.493 e. The van der Waals surface area contributed by atoms with Crippen LogP contribution >= 0.6 is 0 Å². The predicted molar refractivity (Wildman–Crippen MR) is 101 cm³/mol. The summed E-state index contributed by atoms with van der Waals surface area (Å²) in [5.74, 6) is -0.0121. The number of aliphatic carboxylic acids is 1. The molecule has 1 unspecified atom stereocenters. The molecule has 7 nitrogen and oxygen atoms in total. The molecule has 3 rings (SSSR count). The number of fused-ring (bicyclic) bond motifs is 1. The molecule has 1 aliphatic heterocycles. The van der Waals surface area contributed by atoms with Gasteiger partial charge in [-0.25, -0.2) is 4.79 Å². The highest BCUT2D eigenvalue weighted by molar-refractivity contribution is 5.98. The van der Waals surface area contributed by atoms with Crippen LogP contribution in [0.4, 0.5) is 5.69 Å². The number of anilines is 1. The Morgan fingerprint density at radius 3 is 2.59 bits per heavy atom. The van der Waals surface area contributed by atoms with Gasteiger partial charge in [-0.1, -0.05) is 19.1 Å². The van der Waals surface area contributed by atoms with E-state index in [1.54, 1.807) is 30.3 Å². The van der Waals surface area contributed by atoms with Gasteiger partial charge in [0.25, 0.3) is 5.91 Å². The molecule has 2 aromatic rings. The number of carbonyl (C=O) groups is 2. The van der Waals surface area contributed by atoms with Crippen LogP contribution in [0, 0.1) is 0 Å². The molecule has 0 spiro atoms. The molecule has 2 atom stereocenters. The molecular formula is C20H22N2O5. The maximum absolute atomic E-state index is 12.1. The molecule has 7 heteroatoms. The highest BCUT2D eigenvalue weighted by Gasteiger charge is 2.25. The third kappa shape index (κ3) is 3.67. The van der Waals surface area contributed by atoms with Crippen LogP contribution in [-0.4, -0.2) is 37.7 Å². The Bertz CT molecular complexity index is 881. The van der Waals surface area contributed by atoms with Gasteiger partial charge in [0.2, 0.25) is 0 Å². The average molecular weight is 370 g/mol. The number of amides is 1. The van der Waals surface area contributed by atoms with Gasteiger partial charge in [-0.2, -0.15) is 0 Å². The van der Waals surface area contributed by atoms with Gasteiger partial charge in [0.1, 0.15) is 0 Å². The van der Waals surface area contributed by atoms with Crippen LogP contribution in [0.15, 0.2) is 36.4 Å². The molecule has 142 valence electrons. The zero-order valence-corrected chi connectivity index (χ0v) is 15.4. The second-order valence-electron chi connectivity index (χ2n) is 6.44. The molecule has 0 aromatic heterocycles. The van der Waals surface area contributed by atoms with Crippen molar-refractivity contribution < 1.29 is 24.2 Å². The fraction of sp³-hybridized carbons (Fsp3) is 0.300. The Labute approximate surface area is 157 Å². The molecule has 1 amide bonds. The summed E-state index contributed by atoms with van der Waals surface area (Å²) in [6.07, 6.45) is 0. The Balaban J connectivity index is 1.93. The first-order chi connectivity index (χ1) is 12.9. The lowest BCUT2D eigenvalue weighted by Crippen LogP contribution is -2.34. The van der Waals surface area contributed by atoms with Gasteiger partial charge < -0.3 is 25.2 Å². The van der Waals surface area contributed by atoms with Crippen molar-refractivity contribution in [2.24, 2.45) is 0 Å². The van der Waals surface area contributed by atoms with Gasteiger partial charge in [-0.15, -0.1) is 0 Å². The van der Waals surface area contributed by atoms with E-state index in [9.17, 15) is 14.7 Å². The highest BCUT2D eigenvalue weighted by atomic mass is 16.5. The van der Waals surface area contributed by atoms with Crippen molar-refractivity contribution in [3.8, 4) is 11.5 Å². The third-order valence-electron chi connectivity index (χ3n) is 4.70. The van der Waals surface area contributed by atoms with Gasteiger partial charge >= 0.3 is 5.97 Å². The zero-order chi connectivity index (χ0) is 19.6. The lowest BCUT2D eigenvalue weighted by Gasteiger charge is -2.24. The SMILES string of the molecule is COc1ccc(C(Nc2ccc3c(c2)C(=O)NC[C@H]3C)C(=O)O)cc1OC. The molecule has 27 heavy (non-hydrogen) atoms. The number of hydrogen-bond donors (Lipinski definition) is 3. The number of ether oxygens (including phenoxy) is 2. The van der Waals surface area contributed by atoms with E-state index in [1.165, 1.54) is 14.2 Å². The molecule has 0 saturated carbocycles. The van der Waals surface area contributed by atoms with E-state index in [4.69, 9.17) is 9.47 Å². The minimum absolute atomic E-state index is 0.148. The van der Waals surface area contributed by atoms with E-state index in [0.717, 1.165) is 5.56 Å². The van der Waals surface area contributed by atoms with Crippen molar-refractivity contribution in [1.29, 1.82) is 0 Å². The van der Waals surface area contributed by atoms with Crippen molar-refractivity contribution >= 4 is 17.6 Å². The molecule has 0 saturated heterocycles. The minimum atomic E-state index is -1.04. The number of hydrogen-bond acceptors (Lipinski definition) is 5. The second kappa shape index (κ2) is 7.57.